The molecule has 0 saturated carbocycles. The number of likely N-dealkylation sites (tertiary alicyclic amines) is 1. The summed E-state index contributed by atoms with van der Waals surface area (Å²) in [6.07, 6.45) is 3.28. The average Bonchev–Trinajstić information content (AvgIpc) is 2.64. The van der Waals surface area contributed by atoms with Crippen LogP contribution in [0.15, 0.2) is 39.5 Å². The molecule has 0 aliphatic carbocycles. The molecule has 1 fully saturated rings. The second-order valence-electron chi connectivity index (χ2n) is 6.94. The van der Waals surface area contributed by atoms with Gasteiger partial charge in [-0.2, -0.15) is 0 Å². The third-order valence-electron chi connectivity index (χ3n) is 4.85. The summed E-state index contributed by atoms with van der Waals surface area (Å²) in [5, 5.41) is 19.8. The Morgan fingerprint density at radius 2 is 1.81 bits per heavy atom. The Morgan fingerprint density at radius 1 is 1.15 bits per heavy atom. The Kier molecular flexibility index (Phi) is 5.81. The first-order valence-corrected chi connectivity index (χ1v) is 9.09. The van der Waals surface area contributed by atoms with Crippen molar-refractivity contribution in [3.63, 3.8) is 0 Å². The summed E-state index contributed by atoms with van der Waals surface area (Å²) in [4.78, 5) is 26.1. The molecule has 1 aliphatic heterocycles. The van der Waals surface area contributed by atoms with E-state index in [-0.39, 0.29) is 17.9 Å². The zero-order chi connectivity index (χ0) is 19.4. The van der Waals surface area contributed by atoms with E-state index in [1.165, 1.54) is 24.6 Å². The zero-order valence-electron chi connectivity index (χ0n) is 15.1. The number of benzene rings is 1. The number of carbonyl (C=O) groups is 1. The predicted molar refractivity (Wildman–Crippen MR) is 99.5 cm³/mol. The lowest BCUT2D eigenvalue weighted by molar-refractivity contribution is -0.118. The molecule has 0 bridgehead atoms. The average molecular weight is 372 g/mol. The molecule has 144 valence electrons. The lowest BCUT2D eigenvalue weighted by Crippen LogP contribution is -2.29. The summed E-state index contributed by atoms with van der Waals surface area (Å²) in [7, 11) is 0. The number of primary amides is 1. The van der Waals surface area contributed by atoms with Crippen molar-refractivity contribution in [1.82, 2.24) is 4.90 Å². The maximum Gasteiger partial charge on any atom is 0.227 e. The van der Waals surface area contributed by atoms with Crippen LogP contribution in [0.3, 0.4) is 0 Å². The van der Waals surface area contributed by atoms with Crippen molar-refractivity contribution in [2.24, 2.45) is 5.73 Å². The fourth-order valence-corrected chi connectivity index (χ4v) is 3.48. The van der Waals surface area contributed by atoms with E-state index in [2.05, 4.69) is 4.90 Å². The molecular weight excluding hydrogens is 348 g/mol. The van der Waals surface area contributed by atoms with Crippen LogP contribution >= 0.6 is 0 Å². The molecule has 0 unspecified atom stereocenters. The normalized spacial score (nSPS) is 16.1. The van der Waals surface area contributed by atoms with E-state index in [0.29, 0.717) is 17.9 Å². The number of piperidine rings is 1. The predicted octanol–water partition coefficient (Wildman–Crippen LogP) is 2.04. The molecule has 1 saturated heterocycles. The molecule has 2 heterocycles. The van der Waals surface area contributed by atoms with Gasteiger partial charge in [0, 0.05) is 12.5 Å². The minimum Gasteiger partial charge on any atom is -0.508 e. The van der Waals surface area contributed by atoms with Gasteiger partial charge in [0.15, 0.2) is 5.76 Å². The van der Waals surface area contributed by atoms with Crippen LogP contribution in [0.2, 0.25) is 0 Å². The quantitative estimate of drug-likeness (QED) is 0.714. The zero-order valence-corrected chi connectivity index (χ0v) is 15.1. The van der Waals surface area contributed by atoms with Gasteiger partial charge in [-0.05, 0) is 43.6 Å². The van der Waals surface area contributed by atoms with Gasteiger partial charge in [0.25, 0.3) is 0 Å². The number of aromatic hydroxyl groups is 2. The Bertz CT molecular complexity index is 854. The Morgan fingerprint density at radius 3 is 2.44 bits per heavy atom. The first kappa shape index (κ1) is 19.0. The summed E-state index contributed by atoms with van der Waals surface area (Å²) in [5.41, 5.74) is 5.44. The van der Waals surface area contributed by atoms with E-state index in [1.54, 1.807) is 12.1 Å². The molecule has 4 N–H and O–H groups in total. The van der Waals surface area contributed by atoms with E-state index in [4.69, 9.17) is 10.2 Å². The molecule has 1 aromatic heterocycles. The summed E-state index contributed by atoms with van der Waals surface area (Å²) in [6, 6.07) is 7.46. The van der Waals surface area contributed by atoms with E-state index in [0.717, 1.165) is 25.9 Å². The molecule has 7 nitrogen and oxygen atoms in total. The smallest absolute Gasteiger partial charge is 0.227 e. The molecule has 1 atom stereocenters. The van der Waals surface area contributed by atoms with Gasteiger partial charge in [-0.25, -0.2) is 0 Å². The minimum absolute atomic E-state index is 0.0269. The SMILES string of the molecule is NC(=O)C[C@@H](c1ccc(O)cc1)c1oc(CN2CCCCC2)cc(=O)c1O. The van der Waals surface area contributed by atoms with Crippen LogP contribution in [0.4, 0.5) is 0 Å². The van der Waals surface area contributed by atoms with Crippen molar-refractivity contribution < 1.29 is 19.4 Å². The van der Waals surface area contributed by atoms with Crippen LogP contribution in [0.1, 0.15) is 48.7 Å². The van der Waals surface area contributed by atoms with Gasteiger partial charge in [-0.15, -0.1) is 0 Å². The largest absolute Gasteiger partial charge is 0.508 e. The molecule has 0 spiro atoms. The molecule has 3 rings (SSSR count). The number of nitrogens with two attached hydrogens (primary N) is 1. The highest BCUT2D eigenvalue weighted by atomic mass is 16.4. The van der Waals surface area contributed by atoms with Gasteiger partial charge < -0.3 is 20.4 Å². The van der Waals surface area contributed by atoms with Crippen LogP contribution in [0.25, 0.3) is 0 Å². The van der Waals surface area contributed by atoms with Crippen molar-refractivity contribution in [2.75, 3.05) is 13.1 Å². The van der Waals surface area contributed by atoms with Crippen LogP contribution < -0.4 is 11.2 Å². The second kappa shape index (κ2) is 8.26. The molecule has 2 aromatic rings. The van der Waals surface area contributed by atoms with Crippen LogP contribution in [-0.2, 0) is 11.3 Å². The van der Waals surface area contributed by atoms with Crippen molar-refractivity contribution in [3.8, 4) is 11.5 Å². The van der Waals surface area contributed by atoms with Crippen LogP contribution in [-0.4, -0.2) is 34.1 Å². The molecule has 1 aliphatic rings. The fraction of sp³-hybridized carbons (Fsp3) is 0.400. The molecule has 1 amide bonds. The van der Waals surface area contributed by atoms with Gasteiger partial charge in [0.1, 0.15) is 11.5 Å². The van der Waals surface area contributed by atoms with Crippen molar-refractivity contribution in [2.45, 2.75) is 38.1 Å². The number of carbonyl (C=O) groups excluding carboxylic acids is 1. The summed E-state index contributed by atoms with van der Waals surface area (Å²) >= 11 is 0. The number of hydrogen-bond donors (Lipinski definition) is 3. The van der Waals surface area contributed by atoms with Crippen LogP contribution in [0, 0.1) is 0 Å². The van der Waals surface area contributed by atoms with Crippen LogP contribution in [0.5, 0.6) is 11.5 Å². The van der Waals surface area contributed by atoms with Crippen molar-refractivity contribution >= 4 is 5.91 Å². The van der Waals surface area contributed by atoms with E-state index < -0.39 is 23.0 Å². The topological polar surface area (TPSA) is 117 Å². The number of phenolic OH excluding ortho intramolecular Hbond substituents is 1. The Hall–Kier alpha value is -2.80. The third kappa shape index (κ3) is 4.68. The summed E-state index contributed by atoms with van der Waals surface area (Å²) < 4.78 is 5.88. The number of amides is 1. The minimum atomic E-state index is -0.711. The lowest BCUT2D eigenvalue weighted by Gasteiger charge is -2.26. The van der Waals surface area contributed by atoms with E-state index >= 15 is 0 Å². The molecule has 0 radical (unpaired) electrons. The van der Waals surface area contributed by atoms with Gasteiger partial charge in [-0.3, -0.25) is 14.5 Å². The molecular formula is C20H24N2O5. The monoisotopic (exact) mass is 372 g/mol. The van der Waals surface area contributed by atoms with E-state index in [1.807, 2.05) is 0 Å². The Balaban J connectivity index is 1.98. The number of nitrogens with zero attached hydrogens (tertiary/aromatic N) is 1. The highest BCUT2D eigenvalue weighted by molar-refractivity contribution is 5.75. The fourth-order valence-electron chi connectivity index (χ4n) is 3.48. The van der Waals surface area contributed by atoms with Crippen molar-refractivity contribution in [1.29, 1.82) is 0 Å². The lowest BCUT2D eigenvalue weighted by atomic mass is 9.92. The number of hydrogen-bond acceptors (Lipinski definition) is 6. The standard InChI is InChI=1S/C20H24N2O5/c21-18(25)11-16(13-4-6-14(23)7-5-13)20-19(26)17(24)10-15(27-20)12-22-8-2-1-3-9-22/h4-7,10,16,23,26H,1-3,8-9,11-12H2,(H2,21,25)/t16-/m0/s1. The first-order chi connectivity index (χ1) is 12.9. The second-order valence-corrected chi connectivity index (χ2v) is 6.94. The molecule has 7 heteroatoms. The van der Waals surface area contributed by atoms with E-state index in [9.17, 15) is 19.8 Å². The summed E-state index contributed by atoms with van der Waals surface area (Å²) in [6.45, 7) is 2.34. The van der Waals surface area contributed by atoms with Gasteiger partial charge in [-0.1, -0.05) is 18.6 Å². The van der Waals surface area contributed by atoms with Gasteiger partial charge >= 0.3 is 0 Å². The Labute approximate surface area is 157 Å². The van der Waals surface area contributed by atoms with Gasteiger partial charge in [0.05, 0.1) is 12.5 Å². The number of phenols is 1. The maximum atomic E-state index is 12.3. The highest BCUT2D eigenvalue weighted by Gasteiger charge is 2.26. The maximum absolute atomic E-state index is 12.3. The summed E-state index contributed by atoms with van der Waals surface area (Å²) in [5.74, 6) is -1.27. The molecule has 1 aromatic carbocycles. The molecule has 27 heavy (non-hydrogen) atoms. The highest BCUT2D eigenvalue weighted by Crippen LogP contribution is 2.33. The van der Waals surface area contributed by atoms with Gasteiger partial charge in [0.2, 0.25) is 17.1 Å². The first-order valence-electron chi connectivity index (χ1n) is 9.09. The van der Waals surface area contributed by atoms with Crippen molar-refractivity contribution in [3.05, 3.63) is 57.6 Å². The third-order valence-corrected chi connectivity index (χ3v) is 4.85. The number of rotatable bonds is 6.